The molecule has 3 rings (SSSR count). The molecule has 9 heteroatoms. The van der Waals surface area contributed by atoms with E-state index in [9.17, 15) is 14.9 Å². The number of aryl methyl sites for hydroxylation is 1. The zero-order valence-electron chi connectivity index (χ0n) is 14.7. The first-order chi connectivity index (χ1) is 13.4. The van der Waals surface area contributed by atoms with E-state index in [1.54, 1.807) is 37.3 Å². The van der Waals surface area contributed by atoms with Crippen LogP contribution in [0.15, 0.2) is 65.3 Å². The van der Waals surface area contributed by atoms with Crippen LogP contribution in [-0.4, -0.2) is 16.0 Å². The summed E-state index contributed by atoms with van der Waals surface area (Å²) < 4.78 is 5.21. The average Bonchev–Trinajstić information content (AvgIpc) is 3.10. The Bertz CT molecular complexity index is 1030. The lowest BCUT2D eigenvalue weighted by Crippen LogP contribution is -2.14. The molecule has 0 unspecified atom stereocenters. The monoisotopic (exact) mass is 398 g/mol. The van der Waals surface area contributed by atoms with Crippen molar-refractivity contribution in [2.75, 3.05) is 10.6 Å². The Morgan fingerprint density at radius 3 is 2.36 bits per heavy atom. The molecule has 8 nitrogen and oxygen atoms in total. The van der Waals surface area contributed by atoms with Crippen LogP contribution in [-0.2, 0) is 4.79 Å². The minimum absolute atomic E-state index is 0.0268. The number of non-ortho nitro benzene ring substituents is 1. The van der Waals surface area contributed by atoms with Crippen molar-refractivity contribution in [1.29, 1.82) is 0 Å². The normalized spacial score (nSPS) is 11.1. The second-order valence-electron chi connectivity index (χ2n) is 5.80. The third-order valence-electron chi connectivity index (χ3n) is 3.70. The molecule has 1 amide bonds. The number of nitrogens with zero attached hydrogens (tertiary/aromatic N) is 2. The van der Waals surface area contributed by atoms with Crippen LogP contribution >= 0.6 is 11.6 Å². The van der Waals surface area contributed by atoms with Gasteiger partial charge in [0.2, 0.25) is 0 Å². The Hall–Kier alpha value is -3.65. The molecule has 0 aliphatic heterocycles. The highest BCUT2D eigenvalue weighted by molar-refractivity contribution is 6.30. The maximum Gasteiger partial charge on any atom is 0.269 e. The lowest BCUT2D eigenvalue weighted by molar-refractivity contribution is -0.384. The van der Waals surface area contributed by atoms with Gasteiger partial charge in [-0.25, -0.2) is 0 Å². The van der Waals surface area contributed by atoms with Gasteiger partial charge < -0.3 is 15.2 Å². The first-order valence-corrected chi connectivity index (χ1v) is 8.52. The van der Waals surface area contributed by atoms with Gasteiger partial charge in [-0.05, 0) is 43.3 Å². The Morgan fingerprint density at radius 1 is 1.14 bits per heavy atom. The number of nitro groups is 1. The van der Waals surface area contributed by atoms with E-state index in [2.05, 4.69) is 15.8 Å². The van der Waals surface area contributed by atoms with E-state index >= 15 is 0 Å². The van der Waals surface area contributed by atoms with Crippen molar-refractivity contribution in [3.8, 4) is 0 Å². The molecule has 1 aromatic heterocycles. The predicted molar refractivity (Wildman–Crippen MR) is 106 cm³/mol. The number of anilines is 2. The number of amides is 1. The number of hydrogen-bond donors (Lipinski definition) is 2. The predicted octanol–water partition coefficient (Wildman–Crippen LogP) is 4.64. The van der Waals surface area contributed by atoms with Gasteiger partial charge in [0.25, 0.3) is 11.6 Å². The molecule has 0 radical (unpaired) electrons. The van der Waals surface area contributed by atoms with Crippen molar-refractivity contribution in [1.82, 2.24) is 5.16 Å². The lowest BCUT2D eigenvalue weighted by Gasteiger charge is -2.08. The molecule has 2 aromatic carbocycles. The SMILES string of the molecule is Cc1cc(/C(=C\Nc2ccc([N+](=O)[O-])cc2)C(=O)Nc2ccc(Cl)cc2)on1. The summed E-state index contributed by atoms with van der Waals surface area (Å²) in [5.41, 5.74) is 1.93. The third kappa shape index (κ3) is 4.74. The van der Waals surface area contributed by atoms with E-state index < -0.39 is 10.8 Å². The van der Waals surface area contributed by atoms with E-state index in [0.717, 1.165) is 0 Å². The molecule has 1 heterocycles. The molecule has 0 aliphatic rings. The highest BCUT2D eigenvalue weighted by Gasteiger charge is 2.17. The fraction of sp³-hybridized carbons (Fsp3) is 0.0526. The number of nitro benzene ring substituents is 1. The van der Waals surface area contributed by atoms with Crippen LogP contribution in [0.3, 0.4) is 0 Å². The summed E-state index contributed by atoms with van der Waals surface area (Å²) in [5, 5.41) is 20.8. The van der Waals surface area contributed by atoms with Crippen molar-refractivity contribution in [2.24, 2.45) is 0 Å². The maximum atomic E-state index is 12.7. The largest absolute Gasteiger partial charge is 0.361 e. The number of halogens is 1. The molecule has 0 atom stereocenters. The highest BCUT2D eigenvalue weighted by Crippen LogP contribution is 2.21. The fourth-order valence-electron chi connectivity index (χ4n) is 2.31. The summed E-state index contributed by atoms with van der Waals surface area (Å²) >= 11 is 5.86. The van der Waals surface area contributed by atoms with E-state index in [-0.39, 0.29) is 17.0 Å². The van der Waals surface area contributed by atoms with Crippen LogP contribution in [0.1, 0.15) is 11.5 Å². The van der Waals surface area contributed by atoms with Gasteiger partial charge in [0.15, 0.2) is 5.76 Å². The number of benzene rings is 2. The number of carbonyl (C=O) groups excluding carboxylic acids is 1. The summed E-state index contributed by atoms with van der Waals surface area (Å²) in [4.78, 5) is 23.0. The molecule has 2 N–H and O–H groups in total. The zero-order valence-corrected chi connectivity index (χ0v) is 15.4. The number of carbonyl (C=O) groups is 1. The molecule has 0 saturated heterocycles. The van der Waals surface area contributed by atoms with Gasteiger partial charge in [0.1, 0.15) is 5.57 Å². The van der Waals surface area contributed by atoms with Crippen LogP contribution < -0.4 is 10.6 Å². The number of rotatable bonds is 6. The van der Waals surface area contributed by atoms with Crippen LogP contribution in [0.4, 0.5) is 17.1 Å². The van der Waals surface area contributed by atoms with E-state index in [0.29, 0.717) is 22.1 Å². The van der Waals surface area contributed by atoms with Gasteiger partial charge in [-0.2, -0.15) is 0 Å². The Labute approximate surface area is 164 Å². The minimum atomic E-state index is -0.484. The van der Waals surface area contributed by atoms with Crippen LogP contribution in [0.25, 0.3) is 5.57 Å². The Kier molecular flexibility index (Phi) is 5.71. The average molecular weight is 399 g/mol. The zero-order chi connectivity index (χ0) is 20.1. The molecule has 0 fully saturated rings. The summed E-state index contributed by atoms with van der Waals surface area (Å²) in [6, 6.07) is 14.1. The second-order valence-corrected chi connectivity index (χ2v) is 6.24. The highest BCUT2D eigenvalue weighted by atomic mass is 35.5. The van der Waals surface area contributed by atoms with Gasteiger partial charge >= 0.3 is 0 Å². The molecule has 0 aliphatic carbocycles. The van der Waals surface area contributed by atoms with Gasteiger partial charge in [-0.3, -0.25) is 14.9 Å². The van der Waals surface area contributed by atoms with Crippen molar-refractivity contribution >= 4 is 40.1 Å². The van der Waals surface area contributed by atoms with Crippen LogP contribution in [0.5, 0.6) is 0 Å². The maximum absolute atomic E-state index is 12.7. The molecular weight excluding hydrogens is 384 g/mol. The standard InChI is InChI=1S/C19H15ClN4O4/c1-12-10-18(28-23-12)17(19(25)22-15-4-2-13(20)3-5-15)11-21-14-6-8-16(9-7-14)24(26)27/h2-11,21H,1H3,(H,22,25)/b17-11+. The number of aromatic nitrogens is 1. The quantitative estimate of drug-likeness (QED) is 0.355. The van der Waals surface area contributed by atoms with Gasteiger partial charge in [0, 0.05) is 40.8 Å². The Morgan fingerprint density at radius 2 is 1.79 bits per heavy atom. The Balaban J connectivity index is 1.83. The molecule has 0 saturated carbocycles. The van der Waals surface area contributed by atoms with Crippen molar-refractivity contribution in [2.45, 2.75) is 6.92 Å². The van der Waals surface area contributed by atoms with E-state index in [4.69, 9.17) is 16.1 Å². The number of hydrogen-bond acceptors (Lipinski definition) is 6. The first-order valence-electron chi connectivity index (χ1n) is 8.14. The molecule has 3 aromatic rings. The summed E-state index contributed by atoms with van der Waals surface area (Å²) in [5.74, 6) is -0.147. The third-order valence-corrected chi connectivity index (χ3v) is 3.95. The van der Waals surface area contributed by atoms with Gasteiger partial charge in [0.05, 0.1) is 10.6 Å². The summed E-state index contributed by atoms with van der Waals surface area (Å²) in [7, 11) is 0. The second kappa shape index (κ2) is 8.36. The minimum Gasteiger partial charge on any atom is -0.361 e. The summed E-state index contributed by atoms with van der Waals surface area (Å²) in [6.45, 7) is 1.74. The van der Waals surface area contributed by atoms with Crippen LogP contribution in [0.2, 0.25) is 5.02 Å². The lowest BCUT2D eigenvalue weighted by atomic mass is 10.2. The smallest absolute Gasteiger partial charge is 0.269 e. The first kappa shape index (κ1) is 19.1. The van der Waals surface area contributed by atoms with Crippen LogP contribution in [0, 0.1) is 17.0 Å². The van der Waals surface area contributed by atoms with E-state index in [1.807, 2.05) is 0 Å². The molecule has 142 valence electrons. The van der Waals surface area contributed by atoms with Crippen molar-refractivity contribution < 1.29 is 14.2 Å². The van der Waals surface area contributed by atoms with Crippen molar-refractivity contribution in [3.05, 3.63) is 87.4 Å². The van der Waals surface area contributed by atoms with Gasteiger partial charge in [-0.1, -0.05) is 16.8 Å². The molecule has 28 heavy (non-hydrogen) atoms. The molecular formula is C19H15ClN4O4. The topological polar surface area (TPSA) is 110 Å². The molecule has 0 bridgehead atoms. The fourth-order valence-corrected chi connectivity index (χ4v) is 2.43. The molecule has 0 spiro atoms. The van der Waals surface area contributed by atoms with E-state index in [1.165, 1.54) is 30.5 Å². The van der Waals surface area contributed by atoms with Crippen molar-refractivity contribution in [3.63, 3.8) is 0 Å². The number of nitrogens with one attached hydrogen (secondary N) is 2. The summed E-state index contributed by atoms with van der Waals surface area (Å²) in [6.07, 6.45) is 1.45. The van der Waals surface area contributed by atoms with Gasteiger partial charge in [-0.15, -0.1) is 0 Å².